The molecule has 1 fully saturated rings. The van der Waals surface area contributed by atoms with E-state index in [1.165, 1.54) is 24.4 Å². The highest BCUT2D eigenvalue weighted by molar-refractivity contribution is 6.32. The van der Waals surface area contributed by atoms with Crippen LogP contribution in [0.1, 0.15) is 39.1 Å². The van der Waals surface area contributed by atoms with Crippen molar-refractivity contribution in [3.8, 4) is 5.75 Å². The Morgan fingerprint density at radius 3 is 2.41 bits per heavy atom. The number of nitrogens with zero attached hydrogens (tertiary/aromatic N) is 2. The first-order chi connectivity index (χ1) is 16.3. The van der Waals surface area contributed by atoms with Gasteiger partial charge >= 0.3 is 5.97 Å². The lowest BCUT2D eigenvalue weighted by Crippen LogP contribution is -2.40. The number of phenolic OH excluding ortho intramolecular Hbond substituents is 1. The standard InChI is InChI=1S/C25H22ClN3O5/c26-21-13-16(6-8-22(21)30)23(31)28-27-14-17-5-7-20(19-4-2-1-3-18(17)19)24(32)29-11-9-15(10-12-29)25(33)34/h1-8,13-15,30H,9-12H2,(H,28,31)(H,33,34)/b27-14+. The van der Waals surface area contributed by atoms with Crippen LogP contribution in [0.4, 0.5) is 0 Å². The smallest absolute Gasteiger partial charge is 0.306 e. The number of benzene rings is 3. The van der Waals surface area contributed by atoms with Crippen LogP contribution in [0.15, 0.2) is 59.7 Å². The average Bonchev–Trinajstić information content (AvgIpc) is 2.85. The van der Waals surface area contributed by atoms with E-state index in [9.17, 15) is 24.6 Å². The normalized spacial score (nSPS) is 14.4. The fourth-order valence-corrected chi connectivity index (χ4v) is 4.17. The molecule has 0 radical (unpaired) electrons. The number of nitrogens with one attached hydrogen (secondary N) is 1. The van der Waals surface area contributed by atoms with Crippen LogP contribution < -0.4 is 5.43 Å². The van der Waals surface area contributed by atoms with E-state index >= 15 is 0 Å². The van der Waals surface area contributed by atoms with Crippen LogP contribution in [-0.2, 0) is 4.79 Å². The van der Waals surface area contributed by atoms with Gasteiger partial charge in [-0.1, -0.05) is 41.9 Å². The van der Waals surface area contributed by atoms with Gasteiger partial charge in [0, 0.05) is 29.8 Å². The molecule has 3 N–H and O–H groups in total. The fourth-order valence-electron chi connectivity index (χ4n) is 3.99. The van der Waals surface area contributed by atoms with Crippen molar-refractivity contribution in [1.29, 1.82) is 0 Å². The van der Waals surface area contributed by atoms with Crippen molar-refractivity contribution in [3.63, 3.8) is 0 Å². The number of aromatic hydroxyl groups is 1. The minimum absolute atomic E-state index is 0.0649. The lowest BCUT2D eigenvalue weighted by atomic mass is 9.95. The van der Waals surface area contributed by atoms with Gasteiger partial charge in [-0.15, -0.1) is 0 Å². The maximum absolute atomic E-state index is 13.2. The first-order valence-electron chi connectivity index (χ1n) is 10.7. The molecule has 4 rings (SSSR count). The summed E-state index contributed by atoms with van der Waals surface area (Å²) in [6, 6.07) is 15.0. The lowest BCUT2D eigenvalue weighted by Gasteiger charge is -2.30. The number of rotatable bonds is 5. The molecule has 1 aliphatic rings. The Kier molecular flexibility index (Phi) is 6.79. The predicted molar refractivity (Wildman–Crippen MR) is 128 cm³/mol. The third-order valence-electron chi connectivity index (χ3n) is 5.90. The third kappa shape index (κ3) is 4.87. The zero-order chi connectivity index (χ0) is 24.2. The Bertz CT molecular complexity index is 1300. The van der Waals surface area contributed by atoms with Gasteiger partial charge in [0.25, 0.3) is 11.8 Å². The molecule has 0 unspecified atom stereocenters. The summed E-state index contributed by atoms with van der Waals surface area (Å²) in [6.45, 7) is 0.807. The molecular weight excluding hydrogens is 458 g/mol. The summed E-state index contributed by atoms with van der Waals surface area (Å²) in [5.74, 6) is -1.97. The zero-order valence-electron chi connectivity index (χ0n) is 18.1. The topological polar surface area (TPSA) is 119 Å². The molecule has 0 bridgehead atoms. The highest BCUT2D eigenvalue weighted by Gasteiger charge is 2.28. The Balaban J connectivity index is 1.52. The molecule has 0 atom stereocenters. The maximum Gasteiger partial charge on any atom is 0.306 e. The van der Waals surface area contributed by atoms with E-state index in [1.54, 1.807) is 17.0 Å². The molecular formula is C25H22ClN3O5. The molecule has 34 heavy (non-hydrogen) atoms. The third-order valence-corrected chi connectivity index (χ3v) is 6.20. The Hall–Kier alpha value is -3.91. The maximum atomic E-state index is 13.2. The predicted octanol–water partition coefficient (Wildman–Crippen LogP) is 3.90. The SMILES string of the molecule is O=C(N/N=C/c1ccc(C(=O)N2CCC(C(=O)O)CC2)c2ccccc12)c1ccc(O)c(Cl)c1. The number of piperidine rings is 1. The molecule has 9 heteroatoms. The van der Waals surface area contributed by atoms with Gasteiger partial charge in [0.1, 0.15) is 5.75 Å². The fraction of sp³-hybridized carbons (Fsp3) is 0.200. The van der Waals surface area contributed by atoms with Crippen molar-refractivity contribution in [3.05, 3.63) is 76.3 Å². The quantitative estimate of drug-likeness (QED) is 0.378. The number of hydrazone groups is 1. The molecule has 8 nitrogen and oxygen atoms in total. The van der Waals surface area contributed by atoms with E-state index in [2.05, 4.69) is 10.5 Å². The second kappa shape index (κ2) is 9.93. The van der Waals surface area contributed by atoms with Gasteiger partial charge in [0.2, 0.25) is 0 Å². The highest BCUT2D eigenvalue weighted by atomic mass is 35.5. The summed E-state index contributed by atoms with van der Waals surface area (Å²) in [7, 11) is 0. The molecule has 3 aromatic rings. The Morgan fingerprint density at radius 1 is 1.03 bits per heavy atom. The second-order valence-corrected chi connectivity index (χ2v) is 8.43. The number of carbonyl (C=O) groups is 3. The molecule has 1 heterocycles. The van der Waals surface area contributed by atoms with Gasteiger partial charge in [-0.05, 0) is 47.9 Å². The first kappa shape index (κ1) is 23.3. The largest absolute Gasteiger partial charge is 0.506 e. The van der Waals surface area contributed by atoms with E-state index < -0.39 is 17.8 Å². The van der Waals surface area contributed by atoms with Crippen LogP contribution in [0, 0.1) is 5.92 Å². The van der Waals surface area contributed by atoms with Gasteiger partial charge in [0.15, 0.2) is 0 Å². The van der Waals surface area contributed by atoms with Gasteiger partial charge in [0.05, 0.1) is 17.2 Å². The highest BCUT2D eigenvalue weighted by Crippen LogP contribution is 2.26. The first-order valence-corrected chi connectivity index (χ1v) is 11.1. The number of hydrogen-bond acceptors (Lipinski definition) is 5. The number of carboxylic acids is 1. The molecule has 0 aromatic heterocycles. The van der Waals surface area contributed by atoms with Crippen LogP contribution in [0.3, 0.4) is 0 Å². The van der Waals surface area contributed by atoms with Gasteiger partial charge in [-0.2, -0.15) is 5.10 Å². The Labute approximate surface area is 200 Å². The minimum atomic E-state index is -0.818. The molecule has 1 aliphatic heterocycles. The summed E-state index contributed by atoms with van der Waals surface area (Å²) >= 11 is 5.85. The number of fused-ring (bicyclic) bond motifs is 1. The zero-order valence-corrected chi connectivity index (χ0v) is 18.8. The number of halogens is 1. The number of phenols is 1. The van der Waals surface area contributed by atoms with Gasteiger partial charge in [-0.3, -0.25) is 14.4 Å². The molecule has 174 valence electrons. The van der Waals surface area contributed by atoms with Crippen LogP contribution in [-0.4, -0.2) is 52.2 Å². The van der Waals surface area contributed by atoms with Gasteiger partial charge < -0.3 is 15.1 Å². The summed E-state index contributed by atoms with van der Waals surface area (Å²) in [5, 5.41) is 24.3. The number of likely N-dealkylation sites (tertiary alicyclic amines) is 1. The number of hydrogen-bond donors (Lipinski definition) is 3. The molecule has 3 aromatic carbocycles. The van der Waals surface area contributed by atoms with Crippen LogP contribution >= 0.6 is 11.6 Å². The lowest BCUT2D eigenvalue weighted by molar-refractivity contribution is -0.143. The molecule has 0 aliphatic carbocycles. The monoisotopic (exact) mass is 479 g/mol. The molecule has 0 saturated carbocycles. The van der Waals surface area contributed by atoms with Crippen LogP contribution in [0.25, 0.3) is 10.8 Å². The molecule has 2 amide bonds. The van der Waals surface area contributed by atoms with Crippen LogP contribution in [0.5, 0.6) is 5.75 Å². The van der Waals surface area contributed by atoms with Crippen molar-refractivity contribution in [2.75, 3.05) is 13.1 Å². The van der Waals surface area contributed by atoms with E-state index in [-0.39, 0.29) is 22.2 Å². The van der Waals surface area contributed by atoms with Crippen molar-refractivity contribution < 1.29 is 24.6 Å². The average molecular weight is 480 g/mol. The Morgan fingerprint density at radius 2 is 1.74 bits per heavy atom. The van der Waals surface area contributed by atoms with Crippen molar-refractivity contribution in [1.82, 2.24) is 10.3 Å². The summed E-state index contributed by atoms with van der Waals surface area (Å²) < 4.78 is 0. The molecule has 1 saturated heterocycles. The number of aliphatic carboxylic acids is 1. The summed E-state index contributed by atoms with van der Waals surface area (Å²) in [4.78, 5) is 38.4. The summed E-state index contributed by atoms with van der Waals surface area (Å²) in [5.41, 5.74) is 3.92. The number of amides is 2. The van der Waals surface area contributed by atoms with Crippen molar-refractivity contribution >= 4 is 46.4 Å². The van der Waals surface area contributed by atoms with Crippen LogP contribution in [0.2, 0.25) is 5.02 Å². The van der Waals surface area contributed by atoms with Gasteiger partial charge in [-0.25, -0.2) is 5.43 Å². The summed E-state index contributed by atoms with van der Waals surface area (Å²) in [6.07, 6.45) is 2.38. The second-order valence-electron chi connectivity index (χ2n) is 8.02. The minimum Gasteiger partial charge on any atom is -0.506 e. The van der Waals surface area contributed by atoms with E-state index in [1.807, 2.05) is 24.3 Å². The van der Waals surface area contributed by atoms with E-state index in [0.29, 0.717) is 37.1 Å². The van der Waals surface area contributed by atoms with Crippen molar-refractivity contribution in [2.45, 2.75) is 12.8 Å². The van der Waals surface area contributed by atoms with Crippen molar-refractivity contribution in [2.24, 2.45) is 11.0 Å². The number of carbonyl (C=O) groups excluding carboxylic acids is 2. The van der Waals surface area contributed by atoms with E-state index in [0.717, 1.165) is 10.8 Å². The molecule has 0 spiro atoms. The van der Waals surface area contributed by atoms with E-state index in [4.69, 9.17) is 11.6 Å². The number of carboxylic acid groups (broad SMARTS) is 1.